The first-order valence-corrected chi connectivity index (χ1v) is 7.90. The van der Waals surface area contributed by atoms with Crippen LogP contribution in [0.5, 0.6) is 0 Å². The highest BCUT2D eigenvalue weighted by molar-refractivity contribution is 5.34. The minimum Gasteiger partial charge on any atom is -0.316 e. The van der Waals surface area contributed by atoms with E-state index >= 15 is 0 Å². The molecule has 1 unspecified atom stereocenters. The van der Waals surface area contributed by atoms with Crippen molar-refractivity contribution >= 4 is 5.69 Å². The van der Waals surface area contributed by atoms with Crippen molar-refractivity contribution in [1.29, 1.82) is 0 Å². The molecular formula is C16H23N3O2. The van der Waals surface area contributed by atoms with E-state index in [1.165, 1.54) is 25.7 Å². The van der Waals surface area contributed by atoms with Gasteiger partial charge in [-0.3, -0.25) is 15.0 Å². The second-order valence-corrected chi connectivity index (χ2v) is 6.30. The van der Waals surface area contributed by atoms with E-state index in [4.69, 9.17) is 0 Å². The summed E-state index contributed by atoms with van der Waals surface area (Å²) in [5.41, 5.74) is 1.25. The molecule has 0 aromatic heterocycles. The summed E-state index contributed by atoms with van der Waals surface area (Å²) in [5, 5.41) is 14.4. The summed E-state index contributed by atoms with van der Waals surface area (Å²) in [4.78, 5) is 13.1. The summed E-state index contributed by atoms with van der Waals surface area (Å²) >= 11 is 0. The molecule has 1 aromatic rings. The molecule has 1 aliphatic heterocycles. The van der Waals surface area contributed by atoms with Crippen molar-refractivity contribution in [3.8, 4) is 0 Å². The topological polar surface area (TPSA) is 58.4 Å². The molecule has 1 aromatic carbocycles. The number of nitrogens with one attached hydrogen (secondary N) is 1. The van der Waals surface area contributed by atoms with Gasteiger partial charge in [-0.25, -0.2) is 0 Å². The molecule has 114 valence electrons. The SMILES string of the molecule is O=[N+]([O-])c1cccc(CN(CC2CCCNC2)C2CC2)c1. The maximum absolute atomic E-state index is 10.9. The normalized spacial score (nSPS) is 22.4. The fourth-order valence-corrected chi connectivity index (χ4v) is 3.20. The first kappa shape index (κ1) is 14.5. The maximum Gasteiger partial charge on any atom is 0.269 e. The monoisotopic (exact) mass is 289 g/mol. The minimum absolute atomic E-state index is 0.197. The van der Waals surface area contributed by atoms with Crippen LogP contribution < -0.4 is 5.32 Å². The molecule has 0 bridgehead atoms. The number of nitro benzene ring substituents is 1. The van der Waals surface area contributed by atoms with Crippen LogP contribution in [0.2, 0.25) is 0 Å². The molecule has 5 heteroatoms. The zero-order chi connectivity index (χ0) is 14.7. The average molecular weight is 289 g/mol. The molecular weight excluding hydrogens is 266 g/mol. The Kier molecular flexibility index (Phi) is 4.51. The van der Waals surface area contributed by atoms with Gasteiger partial charge in [-0.2, -0.15) is 0 Å². The lowest BCUT2D eigenvalue weighted by Crippen LogP contribution is -2.39. The molecule has 0 radical (unpaired) electrons. The summed E-state index contributed by atoms with van der Waals surface area (Å²) in [6.07, 6.45) is 5.11. The van der Waals surface area contributed by atoms with E-state index in [1.807, 2.05) is 6.07 Å². The quantitative estimate of drug-likeness (QED) is 0.646. The average Bonchev–Trinajstić information content (AvgIpc) is 3.33. The lowest BCUT2D eigenvalue weighted by Gasteiger charge is -2.30. The first-order valence-electron chi connectivity index (χ1n) is 7.90. The van der Waals surface area contributed by atoms with Crippen LogP contribution in [0, 0.1) is 16.0 Å². The highest BCUT2D eigenvalue weighted by atomic mass is 16.6. The largest absolute Gasteiger partial charge is 0.316 e. The van der Waals surface area contributed by atoms with Crippen LogP contribution in [0.25, 0.3) is 0 Å². The van der Waals surface area contributed by atoms with Crippen molar-refractivity contribution < 1.29 is 4.92 Å². The lowest BCUT2D eigenvalue weighted by atomic mass is 9.98. The van der Waals surface area contributed by atoms with Gasteiger partial charge in [-0.15, -0.1) is 0 Å². The second kappa shape index (κ2) is 6.54. The number of nitrogens with zero attached hydrogens (tertiary/aromatic N) is 2. The fraction of sp³-hybridized carbons (Fsp3) is 0.625. The van der Waals surface area contributed by atoms with Crippen LogP contribution >= 0.6 is 0 Å². The van der Waals surface area contributed by atoms with Gasteiger partial charge in [0.2, 0.25) is 0 Å². The Bertz CT molecular complexity index is 496. The van der Waals surface area contributed by atoms with E-state index < -0.39 is 0 Å². The Hall–Kier alpha value is -1.46. The summed E-state index contributed by atoms with van der Waals surface area (Å²) in [6, 6.07) is 7.76. The molecule has 2 fully saturated rings. The zero-order valence-corrected chi connectivity index (χ0v) is 12.3. The van der Waals surface area contributed by atoms with Crippen molar-refractivity contribution in [3.63, 3.8) is 0 Å². The van der Waals surface area contributed by atoms with Gasteiger partial charge in [0.15, 0.2) is 0 Å². The third-order valence-corrected chi connectivity index (χ3v) is 4.46. The van der Waals surface area contributed by atoms with E-state index in [0.29, 0.717) is 6.04 Å². The van der Waals surface area contributed by atoms with Crippen LogP contribution in [0.15, 0.2) is 24.3 Å². The highest BCUT2D eigenvalue weighted by Crippen LogP contribution is 2.30. The number of non-ortho nitro benzene ring substituents is 1. The Balaban J connectivity index is 1.64. The van der Waals surface area contributed by atoms with Gasteiger partial charge in [-0.1, -0.05) is 12.1 Å². The van der Waals surface area contributed by atoms with Gasteiger partial charge in [0.25, 0.3) is 5.69 Å². The van der Waals surface area contributed by atoms with Gasteiger partial charge in [0.05, 0.1) is 4.92 Å². The number of hydrogen-bond donors (Lipinski definition) is 1. The van der Waals surface area contributed by atoms with Gasteiger partial charge < -0.3 is 5.32 Å². The molecule has 1 saturated carbocycles. The molecule has 5 nitrogen and oxygen atoms in total. The summed E-state index contributed by atoms with van der Waals surface area (Å²) in [5.74, 6) is 0.720. The Morgan fingerprint density at radius 1 is 1.33 bits per heavy atom. The van der Waals surface area contributed by atoms with Gasteiger partial charge in [0.1, 0.15) is 0 Å². The van der Waals surface area contributed by atoms with E-state index in [2.05, 4.69) is 10.2 Å². The number of rotatable bonds is 6. The Labute approximate surface area is 125 Å². The predicted molar refractivity (Wildman–Crippen MR) is 82.1 cm³/mol. The lowest BCUT2D eigenvalue weighted by molar-refractivity contribution is -0.384. The number of hydrogen-bond acceptors (Lipinski definition) is 4. The summed E-state index contributed by atoms with van der Waals surface area (Å²) in [7, 11) is 0. The maximum atomic E-state index is 10.9. The van der Waals surface area contributed by atoms with Gasteiger partial charge in [0, 0.05) is 31.3 Å². The Morgan fingerprint density at radius 2 is 2.19 bits per heavy atom. The number of piperidine rings is 1. The third-order valence-electron chi connectivity index (χ3n) is 4.46. The molecule has 2 aliphatic rings. The molecule has 1 aliphatic carbocycles. The molecule has 3 rings (SSSR count). The molecule has 21 heavy (non-hydrogen) atoms. The molecule has 1 N–H and O–H groups in total. The van der Waals surface area contributed by atoms with Crippen LogP contribution in [0.3, 0.4) is 0 Å². The van der Waals surface area contributed by atoms with Gasteiger partial charge >= 0.3 is 0 Å². The summed E-state index contributed by atoms with van der Waals surface area (Å²) < 4.78 is 0. The third kappa shape index (κ3) is 4.02. The van der Waals surface area contributed by atoms with Crippen molar-refractivity contribution in [1.82, 2.24) is 10.2 Å². The second-order valence-electron chi connectivity index (χ2n) is 6.30. The van der Waals surface area contributed by atoms with Crippen molar-refractivity contribution in [3.05, 3.63) is 39.9 Å². The van der Waals surface area contributed by atoms with E-state index in [0.717, 1.165) is 37.7 Å². The number of benzene rings is 1. The summed E-state index contributed by atoms with van der Waals surface area (Å²) in [6.45, 7) is 4.20. The fourth-order valence-electron chi connectivity index (χ4n) is 3.20. The standard InChI is InChI=1S/C16H23N3O2/c20-19(21)16-5-1-3-13(9-16)11-18(15-6-7-15)12-14-4-2-8-17-10-14/h1,3,5,9,14-15,17H,2,4,6-8,10-12H2. The van der Waals surface area contributed by atoms with Crippen LogP contribution in [0.1, 0.15) is 31.2 Å². The van der Waals surface area contributed by atoms with Crippen molar-refractivity contribution in [2.45, 2.75) is 38.3 Å². The highest BCUT2D eigenvalue weighted by Gasteiger charge is 2.31. The van der Waals surface area contributed by atoms with Crippen LogP contribution in [0.4, 0.5) is 5.69 Å². The molecule has 0 amide bonds. The van der Waals surface area contributed by atoms with Crippen LogP contribution in [-0.2, 0) is 6.54 Å². The number of nitro groups is 1. The van der Waals surface area contributed by atoms with Crippen molar-refractivity contribution in [2.24, 2.45) is 5.92 Å². The Morgan fingerprint density at radius 3 is 2.86 bits per heavy atom. The minimum atomic E-state index is -0.310. The first-order chi connectivity index (χ1) is 10.2. The molecule has 0 spiro atoms. The van der Waals surface area contributed by atoms with E-state index in [1.54, 1.807) is 18.2 Å². The molecule has 1 atom stereocenters. The van der Waals surface area contributed by atoms with E-state index in [-0.39, 0.29) is 10.6 Å². The molecule has 1 saturated heterocycles. The smallest absolute Gasteiger partial charge is 0.269 e. The van der Waals surface area contributed by atoms with Crippen molar-refractivity contribution in [2.75, 3.05) is 19.6 Å². The van der Waals surface area contributed by atoms with Crippen LogP contribution in [-0.4, -0.2) is 35.5 Å². The van der Waals surface area contributed by atoms with Gasteiger partial charge in [-0.05, 0) is 50.3 Å². The molecule has 1 heterocycles. The zero-order valence-electron chi connectivity index (χ0n) is 12.3. The van der Waals surface area contributed by atoms with E-state index in [9.17, 15) is 10.1 Å². The predicted octanol–water partition coefficient (Wildman–Crippen LogP) is 2.56.